The van der Waals surface area contributed by atoms with E-state index in [1.165, 1.54) is 24.3 Å². The monoisotopic (exact) mass is 336 g/mol. The zero-order chi connectivity index (χ0) is 17.3. The number of rotatable bonds is 4. The summed E-state index contributed by atoms with van der Waals surface area (Å²) < 4.78 is 82.1. The van der Waals surface area contributed by atoms with Gasteiger partial charge in [0.15, 0.2) is 0 Å². The van der Waals surface area contributed by atoms with E-state index < -0.39 is 23.8 Å². The van der Waals surface area contributed by atoms with Crippen LogP contribution in [0.5, 0.6) is 17.2 Å². The van der Waals surface area contributed by atoms with Crippen molar-refractivity contribution < 1.29 is 36.2 Å². The number of alkyl halides is 6. The van der Waals surface area contributed by atoms with E-state index in [4.69, 9.17) is 9.84 Å². The Kier molecular flexibility index (Phi) is 4.44. The number of ether oxygens (including phenoxy) is 1. The summed E-state index contributed by atoms with van der Waals surface area (Å²) in [6.07, 6.45) is -10.0. The lowest BCUT2D eigenvalue weighted by molar-refractivity contribution is -0.274. The van der Waals surface area contributed by atoms with Gasteiger partial charge < -0.3 is 9.84 Å². The molecule has 1 atom stereocenters. The van der Waals surface area contributed by atoms with Gasteiger partial charge in [-0.05, 0) is 36.4 Å². The maximum atomic E-state index is 13.8. The van der Waals surface area contributed by atoms with Crippen LogP contribution in [0.25, 0.3) is 0 Å². The average molecular weight is 336 g/mol. The first kappa shape index (κ1) is 17.0. The molecule has 0 fully saturated rings. The zero-order valence-electron chi connectivity index (χ0n) is 11.3. The van der Waals surface area contributed by atoms with E-state index in [1.54, 1.807) is 0 Å². The first-order valence-corrected chi connectivity index (χ1v) is 6.26. The van der Waals surface area contributed by atoms with Gasteiger partial charge in [0.25, 0.3) is 12.1 Å². The van der Waals surface area contributed by atoms with E-state index in [0.717, 1.165) is 12.1 Å². The summed E-state index contributed by atoms with van der Waals surface area (Å²) in [5.74, 6) is 0.266. The molecular weight excluding hydrogens is 326 g/mol. The quantitative estimate of drug-likeness (QED) is 0.780. The van der Waals surface area contributed by atoms with Crippen molar-refractivity contribution in [3.63, 3.8) is 0 Å². The molecule has 0 heterocycles. The van der Waals surface area contributed by atoms with Gasteiger partial charge in [-0.25, -0.2) is 13.2 Å². The summed E-state index contributed by atoms with van der Waals surface area (Å²) >= 11 is 0. The zero-order valence-corrected chi connectivity index (χ0v) is 11.3. The van der Waals surface area contributed by atoms with Crippen LogP contribution in [-0.4, -0.2) is 17.7 Å². The summed E-state index contributed by atoms with van der Waals surface area (Å²) in [5, 5.41) is 9.10. The van der Waals surface area contributed by atoms with Crippen molar-refractivity contribution in [3.05, 3.63) is 54.1 Å². The second-order valence-electron chi connectivity index (χ2n) is 4.63. The molecule has 0 aliphatic rings. The normalized spacial score (nSPS) is 14.6. The molecule has 2 aromatic carbocycles. The lowest BCUT2D eigenvalue weighted by Crippen LogP contribution is -2.44. The third-order valence-corrected chi connectivity index (χ3v) is 3.06. The van der Waals surface area contributed by atoms with Crippen molar-refractivity contribution in [2.45, 2.75) is 18.3 Å². The van der Waals surface area contributed by atoms with Crippen LogP contribution in [0.2, 0.25) is 0 Å². The van der Waals surface area contributed by atoms with Crippen LogP contribution in [0, 0.1) is 0 Å². The minimum atomic E-state index is -5.75. The van der Waals surface area contributed by atoms with Gasteiger partial charge in [-0.1, -0.05) is 12.1 Å². The molecule has 2 aromatic rings. The van der Waals surface area contributed by atoms with E-state index in [0.29, 0.717) is 12.1 Å². The number of hydrogen-bond acceptors (Lipinski definition) is 2. The lowest BCUT2D eigenvalue weighted by Gasteiger charge is -2.27. The van der Waals surface area contributed by atoms with Gasteiger partial charge in [-0.2, -0.15) is 13.2 Å². The highest BCUT2D eigenvalue weighted by Gasteiger charge is 2.63. The smallest absolute Gasteiger partial charge is 0.432 e. The fourth-order valence-electron chi connectivity index (χ4n) is 1.83. The first-order chi connectivity index (χ1) is 10.6. The Labute approximate surface area is 126 Å². The van der Waals surface area contributed by atoms with E-state index >= 15 is 0 Å². The molecule has 0 bridgehead atoms. The fraction of sp³-hybridized carbons (Fsp3) is 0.200. The Morgan fingerprint density at radius 1 is 0.783 bits per heavy atom. The van der Waals surface area contributed by atoms with Crippen molar-refractivity contribution in [2.24, 2.45) is 0 Å². The number of phenols is 1. The Bertz CT molecular complexity index is 651. The van der Waals surface area contributed by atoms with Crippen molar-refractivity contribution in [1.29, 1.82) is 0 Å². The van der Waals surface area contributed by atoms with Gasteiger partial charge in [-0.3, -0.25) is 0 Å². The highest BCUT2D eigenvalue weighted by molar-refractivity contribution is 5.37. The van der Waals surface area contributed by atoms with E-state index in [9.17, 15) is 26.3 Å². The maximum Gasteiger partial charge on any atom is 0.432 e. The maximum absolute atomic E-state index is 13.8. The molecule has 0 radical (unpaired) electrons. The van der Waals surface area contributed by atoms with Crippen molar-refractivity contribution in [3.8, 4) is 17.2 Å². The third kappa shape index (κ3) is 3.35. The predicted molar refractivity (Wildman–Crippen MR) is 69.5 cm³/mol. The molecule has 0 aliphatic carbocycles. The van der Waals surface area contributed by atoms with Gasteiger partial charge in [0, 0.05) is 5.56 Å². The van der Waals surface area contributed by atoms with Crippen molar-refractivity contribution in [1.82, 2.24) is 0 Å². The van der Waals surface area contributed by atoms with Crippen LogP contribution < -0.4 is 4.74 Å². The molecular formula is C15H10F6O2. The number of hydrogen-bond donors (Lipinski definition) is 1. The summed E-state index contributed by atoms with van der Waals surface area (Å²) in [5.41, 5.74) is -5.96. The molecule has 0 aromatic heterocycles. The van der Waals surface area contributed by atoms with E-state index in [2.05, 4.69) is 0 Å². The minimum Gasteiger partial charge on any atom is -0.508 e. The molecule has 1 N–H and O–H groups in total. The van der Waals surface area contributed by atoms with E-state index in [1.807, 2.05) is 0 Å². The molecule has 8 heteroatoms. The van der Waals surface area contributed by atoms with Crippen LogP contribution in [0.3, 0.4) is 0 Å². The first-order valence-electron chi connectivity index (χ1n) is 6.26. The minimum absolute atomic E-state index is 0.0166. The highest BCUT2D eigenvalue weighted by atomic mass is 19.4. The van der Waals surface area contributed by atoms with Crippen LogP contribution in [0.1, 0.15) is 5.56 Å². The SMILES string of the molecule is Oc1ccc(Oc2ccc(C(F)(C(F)F)C(F)(F)F)cc2)cc1. The van der Waals surface area contributed by atoms with Gasteiger partial charge >= 0.3 is 6.18 Å². The third-order valence-electron chi connectivity index (χ3n) is 3.06. The van der Waals surface area contributed by atoms with E-state index in [-0.39, 0.29) is 17.2 Å². The molecule has 1 unspecified atom stereocenters. The van der Waals surface area contributed by atoms with Crippen molar-refractivity contribution in [2.75, 3.05) is 0 Å². The second kappa shape index (κ2) is 6.02. The average Bonchev–Trinajstić information content (AvgIpc) is 2.48. The predicted octanol–water partition coefficient (Wildman–Crippen LogP) is 5.18. The molecule has 0 amide bonds. The van der Waals surface area contributed by atoms with Gasteiger partial charge in [0.1, 0.15) is 17.2 Å². The summed E-state index contributed by atoms with van der Waals surface area (Å²) in [7, 11) is 0. The summed E-state index contributed by atoms with van der Waals surface area (Å²) in [4.78, 5) is 0. The molecule has 0 spiro atoms. The second-order valence-corrected chi connectivity index (χ2v) is 4.63. The molecule has 0 aliphatic heterocycles. The Hall–Kier alpha value is -2.38. The molecule has 124 valence electrons. The van der Waals surface area contributed by atoms with Crippen LogP contribution in [0.4, 0.5) is 26.3 Å². The molecule has 2 rings (SSSR count). The lowest BCUT2D eigenvalue weighted by atomic mass is 9.95. The van der Waals surface area contributed by atoms with Crippen molar-refractivity contribution >= 4 is 0 Å². The number of halogens is 6. The molecule has 0 saturated heterocycles. The fourth-order valence-corrected chi connectivity index (χ4v) is 1.83. The summed E-state index contributed by atoms with van der Waals surface area (Å²) in [6.45, 7) is 0. The molecule has 2 nitrogen and oxygen atoms in total. The standard InChI is InChI=1S/C15H10F6O2/c16-13(17)14(18,15(19,20)21)9-1-5-11(6-2-9)23-12-7-3-10(22)4-8-12/h1-8,13,22H. The van der Waals surface area contributed by atoms with Crippen LogP contribution in [-0.2, 0) is 5.67 Å². The number of phenolic OH excluding ortho intramolecular Hbond substituents is 1. The molecule has 0 saturated carbocycles. The number of benzene rings is 2. The molecule has 23 heavy (non-hydrogen) atoms. The van der Waals surface area contributed by atoms with Gasteiger partial charge in [0.2, 0.25) is 0 Å². The largest absolute Gasteiger partial charge is 0.508 e. The van der Waals surface area contributed by atoms with Gasteiger partial charge in [-0.15, -0.1) is 0 Å². The highest BCUT2D eigenvalue weighted by Crippen LogP contribution is 2.47. The van der Waals surface area contributed by atoms with Crippen LogP contribution in [0.15, 0.2) is 48.5 Å². The summed E-state index contributed by atoms with van der Waals surface area (Å²) in [6, 6.07) is 8.49. The van der Waals surface area contributed by atoms with Gasteiger partial charge in [0.05, 0.1) is 0 Å². The Balaban J connectivity index is 2.26. The Morgan fingerprint density at radius 3 is 1.61 bits per heavy atom. The van der Waals surface area contributed by atoms with Crippen LogP contribution >= 0.6 is 0 Å². The Morgan fingerprint density at radius 2 is 1.22 bits per heavy atom. The number of aromatic hydroxyl groups is 1. The topological polar surface area (TPSA) is 29.5 Å².